The van der Waals surface area contributed by atoms with E-state index in [0.29, 0.717) is 5.02 Å². The molecule has 1 N–H and O–H groups in total. The Kier molecular flexibility index (Phi) is 5.17. The molecule has 0 spiro atoms. The summed E-state index contributed by atoms with van der Waals surface area (Å²) in [5.74, 6) is -0.0231. The van der Waals surface area contributed by atoms with Crippen molar-refractivity contribution in [3.8, 4) is 0 Å². The summed E-state index contributed by atoms with van der Waals surface area (Å²) in [4.78, 5) is 14.2. The van der Waals surface area contributed by atoms with Crippen molar-refractivity contribution in [2.75, 3.05) is 12.4 Å². The van der Waals surface area contributed by atoms with Gasteiger partial charge < -0.3 is 5.32 Å². The van der Waals surface area contributed by atoms with Crippen LogP contribution in [0.4, 0.5) is 5.69 Å². The van der Waals surface area contributed by atoms with Gasteiger partial charge in [0.05, 0.1) is 6.04 Å². The fourth-order valence-electron chi connectivity index (χ4n) is 1.79. The van der Waals surface area contributed by atoms with Crippen LogP contribution < -0.4 is 5.32 Å². The van der Waals surface area contributed by atoms with Crippen molar-refractivity contribution >= 4 is 34.5 Å². The van der Waals surface area contributed by atoms with Gasteiger partial charge in [-0.15, -0.1) is 0 Å². The molecule has 0 aliphatic heterocycles. The van der Waals surface area contributed by atoms with Crippen LogP contribution in [-0.4, -0.2) is 23.9 Å². The Morgan fingerprint density at radius 1 is 1.35 bits per heavy atom. The van der Waals surface area contributed by atoms with Gasteiger partial charge in [0.25, 0.3) is 0 Å². The van der Waals surface area contributed by atoms with Crippen LogP contribution in [0.25, 0.3) is 0 Å². The number of hydrogen-bond donors (Lipinski definition) is 1. The molecule has 2 aromatic rings. The molecule has 0 unspecified atom stereocenters. The van der Waals surface area contributed by atoms with Crippen LogP contribution in [0.1, 0.15) is 12.5 Å². The van der Waals surface area contributed by atoms with E-state index in [0.717, 1.165) is 12.2 Å². The van der Waals surface area contributed by atoms with E-state index in [9.17, 15) is 4.79 Å². The minimum atomic E-state index is -0.203. The highest BCUT2D eigenvalue weighted by Crippen LogP contribution is 2.15. The number of likely N-dealkylation sites (N-methyl/N-ethyl adjacent to an activating group) is 1. The quantitative estimate of drug-likeness (QED) is 0.909. The van der Waals surface area contributed by atoms with Crippen LogP contribution in [0.2, 0.25) is 5.02 Å². The molecule has 1 heterocycles. The highest BCUT2D eigenvalue weighted by molar-refractivity contribution is 7.07. The molecule has 0 saturated carbocycles. The molecular formula is C15H17ClN2OS. The maximum absolute atomic E-state index is 12.2. The van der Waals surface area contributed by atoms with E-state index in [1.165, 1.54) is 5.56 Å². The van der Waals surface area contributed by atoms with Crippen LogP contribution in [0.3, 0.4) is 0 Å². The fraction of sp³-hybridized carbons (Fsp3) is 0.267. The van der Waals surface area contributed by atoms with E-state index in [4.69, 9.17) is 11.6 Å². The maximum atomic E-state index is 12.2. The van der Waals surface area contributed by atoms with Gasteiger partial charge in [-0.2, -0.15) is 11.3 Å². The van der Waals surface area contributed by atoms with Crippen molar-refractivity contribution in [1.82, 2.24) is 4.90 Å². The normalized spacial score (nSPS) is 12.4. The third-order valence-electron chi connectivity index (χ3n) is 3.16. The lowest BCUT2D eigenvalue weighted by molar-refractivity contribution is -0.120. The highest BCUT2D eigenvalue weighted by Gasteiger charge is 2.18. The van der Waals surface area contributed by atoms with Gasteiger partial charge in [-0.1, -0.05) is 11.6 Å². The van der Waals surface area contributed by atoms with Crippen molar-refractivity contribution in [2.24, 2.45) is 0 Å². The summed E-state index contributed by atoms with van der Waals surface area (Å²) in [6.45, 7) is 2.66. The van der Waals surface area contributed by atoms with Crippen LogP contribution >= 0.6 is 22.9 Å². The molecule has 0 radical (unpaired) electrons. The Labute approximate surface area is 128 Å². The average Bonchev–Trinajstić information content (AvgIpc) is 2.93. The molecule has 1 atom stereocenters. The molecule has 0 aliphatic rings. The number of amides is 1. The van der Waals surface area contributed by atoms with E-state index in [-0.39, 0.29) is 11.9 Å². The number of nitrogens with zero attached hydrogens (tertiary/aromatic N) is 1. The first-order chi connectivity index (χ1) is 9.56. The van der Waals surface area contributed by atoms with Gasteiger partial charge in [0, 0.05) is 17.3 Å². The first kappa shape index (κ1) is 15.0. The summed E-state index contributed by atoms with van der Waals surface area (Å²) in [6, 6.07) is 8.99. The molecule has 1 aromatic carbocycles. The molecule has 3 nitrogen and oxygen atoms in total. The second kappa shape index (κ2) is 6.88. The topological polar surface area (TPSA) is 32.3 Å². The van der Waals surface area contributed by atoms with Crippen molar-refractivity contribution < 1.29 is 4.79 Å². The van der Waals surface area contributed by atoms with E-state index in [2.05, 4.69) is 16.8 Å². The number of nitrogens with one attached hydrogen (secondary N) is 1. The molecule has 2 rings (SSSR count). The predicted molar refractivity (Wildman–Crippen MR) is 85.3 cm³/mol. The number of thiophene rings is 1. The standard InChI is InChI=1S/C15H17ClN2OS/c1-11(18(2)9-12-7-8-20-10-12)15(19)17-14-5-3-13(16)4-6-14/h3-8,10-11H,9H2,1-2H3,(H,17,19)/t11-/m1/s1. The van der Waals surface area contributed by atoms with E-state index in [1.54, 1.807) is 35.6 Å². The number of carbonyl (C=O) groups is 1. The van der Waals surface area contributed by atoms with Gasteiger partial charge in [-0.05, 0) is 60.6 Å². The zero-order chi connectivity index (χ0) is 14.5. The minimum Gasteiger partial charge on any atom is -0.325 e. The summed E-state index contributed by atoms with van der Waals surface area (Å²) in [6.07, 6.45) is 0. The Morgan fingerprint density at radius 3 is 2.65 bits per heavy atom. The van der Waals surface area contributed by atoms with Crippen molar-refractivity contribution in [1.29, 1.82) is 0 Å². The highest BCUT2D eigenvalue weighted by atomic mass is 35.5. The Morgan fingerprint density at radius 2 is 2.05 bits per heavy atom. The minimum absolute atomic E-state index is 0.0231. The lowest BCUT2D eigenvalue weighted by atomic mass is 10.2. The maximum Gasteiger partial charge on any atom is 0.241 e. The van der Waals surface area contributed by atoms with E-state index >= 15 is 0 Å². The van der Waals surface area contributed by atoms with Crippen LogP contribution in [0, 0.1) is 0 Å². The SMILES string of the molecule is C[C@H](C(=O)Nc1ccc(Cl)cc1)N(C)Cc1ccsc1. The molecule has 1 amide bonds. The predicted octanol–water partition coefficient (Wildman–Crippen LogP) is 3.86. The fourth-order valence-corrected chi connectivity index (χ4v) is 2.57. The molecule has 5 heteroatoms. The largest absolute Gasteiger partial charge is 0.325 e. The third-order valence-corrected chi connectivity index (χ3v) is 4.15. The average molecular weight is 309 g/mol. The molecule has 1 aromatic heterocycles. The number of rotatable bonds is 5. The first-order valence-corrected chi connectivity index (χ1v) is 7.66. The van der Waals surface area contributed by atoms with Crippen LogP contribution in [0.15, 0.2) is 41.1 Å². The van der Waals surface area contributed by atoms with Crippen molar-refractivity contribution in [2.45, 2.75) is 19.5 Å². The van der Waals surface area contributed by atoms with Crippen molar-refractivity contribution in [3.63, 3.8) is 0 Å². The Balaban J connectivity index is 1.92. The number of carbonyl (C=O) groups excluding carboxylic acids is 1. The lowest BCUT2D eigenvalue weighted by Gasteiger charge is -2.23. The molecule has 20 heavy (non-hydrogen) atoms. The van der Waals surface area contributed by atoms with Gasteiger partial charge >= 0.3 is 0 Å². The molecule has 0 saturated heterocycles. The third kappa shape index (κ3) is 4.07. The van der Waals surface area contributed by atoms with Gasteiger partial charge in [-0.25, -0.2) is 0 Å². The molecular weight excluding hydrogens is 292 g/mol. The number of benzene rings is 1. The monoisotopic (exact) mass is 308 g/mol. The van der Waals surface area contributed by atoms with Gasteiger partial charge in [0.1, 0.15) is 0 Å². The van der Waals surface area contributed by atoms with Gasteiger partial charge in [0.15, 0.2) is 0 Å². The lowest BCUT2D eigenvalue weighted by Crippen LogP contribution is -2.39. The summed E-state index contributed by atoms with van der Waals surface area (Å²) in [5.41, 5.74) is 1.99. The van der Waals surface area contributed by atoms with E-state index < -0.39 is 0 Å². The zero-order valence-electron chi connectivity index (χ0n) is 11.5. The molecule has 0 aliphatic carbocycles. The second-order valence-electron chi connectivity index (χ2n) is 4.72. The van der Waals surface area contributed by atoms with Crippen molar-refractivity contribution in [3.05, 3.63) is 51.7 Å². The number of anilines is 1. The summed E-state index contributed by atoms with van der Waals surface area (Å²) in [5, 5.41) is 7.69. The number of hydrogen-bond acceptors (Lipinski definition) is 3. The number of halogens is 1. The van der Waals surface area contributed by atoms with Gasteiger partial charge in [0.2, 0.25) is 5.91 Å². The Bertz CT molecular complexity index is 554. The summed E-state index contributed by atoms with van der Waals surface area (Å²) >= 11 is 7.49. The van der Waals surface area contributed by atoms with Crippen LogP contribution in [0.5, 0.6) is 0 Å². The van der Waals surface area contributed by atoms with E-state index in [1.807, 2.05) is 24.3 Å². The van der Waals surface area contributed by atoms with Crippen LogP contribution in [-0.2, 0) is 11.3 Å². The molecule has 106 valence electrons. The smallest absolute Gasteiger partial charge is 0.241 e. The zero-order valence-corrected chi connectivity index (χ0v) is 13.0. The van der Waals surface area contributed by atoms with Gasteiger partial charge in [-0.3, -0.25) is 9.69 Å². The summed E-state index contributed by atoms with van der Waals surface area (Å²) in [7, 11) is 1.95. The Hall–Kier alpha value is -1.36. The summed E-state index contributed by atoms with van der Waals surface area (Å²) < 4.78 is 0. The molecule has 0 bridgehead atoms. The second-order valence-corrected chi connectivity index (χ2v) is 5.94. The first-order valence-electron chi connectivity index (χ1n) is 6.34. The molecule has 0 fully saturated rings.